The van der Waals surface area contributed by atoms with E-state index in [4.69, 9.17) is 0 Å². The number of sulfone groups is 1. The standard InChI is InChI=1S/C12H12BrN3O2S2/c1-14-12-15-7-10(13)11(16-12)19-8-3-5-9(6-4-8)20(2,17)18/h3-7H,1-2H3,(H,14,15,16). The first-order chi connectivity index (χ1) is 9.40. The van der Waals surface area contributed by atoms with Crippen molar-refractivity contribution in [2.45, 2.75) is 14.8 Å². The highest BCUT2D eigenvalue weighted by atomic mass is 79.9. The molecule has 106 valence electrons. The summed E-state index contributed by atoms with van der Waals surface area (Å²) in [6.45, 7) is 0. The van der Waals surface area contributed by atoms with Crippen LogP contribution in [0.1, 0.15) is 0 Å². The average Bonchev–Trinajstić information content (AvgIpc) is 2.41. The van der Waals surface area contributed by atoms with Crippen molar-refractivity contribution in [2.75, 3.05) is 18.6 Å². The van der Waals surface area contributed by atoms with Gasteiger partial charge in [-0.15, -0.1) is 0 Å². The van der Waals surface area contributed by atoms with E-state index >= 15 is 0 Å². The maximum absolute atomic E-state index is 11.4. The Morgan fingerprint density at radius 2 is 1.90 bits per heavy atom. The topological polar surface area (TPSA) is 72.0 Å². The fourth-order valence-corrected chi connectivity index (χ4v) is 3.25. The van der Waals surface area contributed by atoms with Crippen molar-refractivity contribution in [3.63, 3.8) is 0 Å². The molecule has 0 amide bonds. The van der Waals surface area contributed by atoms with Crippen LogP contribution in [0.4, 0.5) is 5.95 Å². The molecule has 0 radical (unpaired) electrons. The molecule has 1 aromatic heterocycles. The molecule has 8 heteroatoms. The SMILES string of the molecule is CNc1ncc(Br)c(Sc2ccc(S(C)(=O)=O)cc2)n1. The smallest absolute Gasteiger partial charge is 0.223 e. The number of nitrogens with zero attached hydrogens (tertiary/aromatic N) is 2. The lowest BCUT2D eigenvalue weighted by Crippen LogP contribution is -1.97. The van der Waals surface area contributed by atoms with Gasteiger partial charge >= 0.3 is 0 Å². The molecule has 2 rings (SSSR count). The molecule has 0 unspecified atom stereocenters. The van der Waals surface area contributed by atoms with Crippen LogP contribution in [0.3, 0.4) is 0 Å². The molecule has 1 N–H and O–H groups in total. The van der Waals surface area contributed by atoms with Gasteiger partial charge < -0.3 is 5.32 Å². The van der Waals surface area contributed by atoms with Gasteiger partial charge in [-0.3, -0.25) is 0 Å². The van der Waals surface area contributed by atoms with Crippen LogP contribution in [-0.4, -0.2) is 31.7 Å². The number of nitrogens with one attached hydrogen (secondary N) is 1. The molecular formula is C12H12BrN3O2S2. The molecule has 0 saturated carbocycles. The van der Waals surface area contributed by atoms with Gasteiger partial charge in [0.1, 0.15) is 5.03 Å². The molecule has 0 aliphatic heterocycles. The number of hydrogen-bond acceptors (Lipinski definition) is 6. The first-order valence-electron chi connectivity index (χ1n) is 5.58. The molecule has 0 saturated heterocycles. The van der Waals surface area contributed by atoms with Crippen LogP contribution in [0, 0.1) is 0 Å². The summed E-state index contributed by atoms with van der Waals surface area (Å²) < 4.78 is 23.6. The Morgan fingerprint density at radius 3 is 2.45 bits per heavy atom. The van der Waals surface area contributed by atoms with E-state index in [1.54, 1.807) is 37.5 Å². The van der Waals surface area contributed by atoms with Crippen molar-refractivity contribution in [2.24, 2.45) is 0 Å². The fraction of sp³-hybridized carbons (Fsp3) is 0.167. The lowest BCUT2D eigenvalue weighted by atomic mass is 10.4. The van der Waals surface area contributed by atoms with E-state index in [-0.39, 0.29) is 0 Å². The van der Waals surface area contributed by atoms with E-state index < -0.39 is 9.84 Å². The molecule has 2 aromatic rings. The third kappa shape index (κ3) is 3.71. The molecule has 20 heavy (non-hydrogen) atoms. The lowest BCUT2D eigenvalue weighted by molar-refractivity contribution is 0.602. The third-order valence-corrected chi connectivity index (χ3v) is 5.39. The van der Waals surface area contributed by atoms with E-state index in [1.165, 1.54) is 18.0 Å². The Kier molecular flexibility index (Phi) is 4.66. The van der Waals surface area contributed by atoms with Gasteiger partial charge in [0.15, 0.2) is 9.84 Å². The summed E-state index contributed by atoms with van der Waals surface area (Å²) in [4.78, 5) is 9.62. The Bertz CT molecular complexity index is 718. The zero-order chi connectivity index (χ0) is 14.8. The molecule has 0 atom stereocenters. The minimum Gasteiger partial charge on any atom is -0.357 e. The second-order valence-electron chi connectivity index (χ2n) is 3.94. The van der Waals surface area contributed by atoms with Gasteiger partial charge in [0.25, 0.3) is 0 Å². The second kappa shape index (κ2) is 6.11. The summed E-state index contributed by atoms with van der Waals surface area (Å²) in [5.41, 5.74) is 0. The zero-order valence-corrected chi connectivity index (χ0v) is 14.0. The first kappa shape index (κ1) is 15.3. The molecule has 0 bridgehead atoms. The Morgan fingerprint density at radius 1 is 1.25 bits per heavy atom. The van der Waals surface area contributed by atoms with E-state index in [0.29, 0.717) is 10.8 Å². The number of halogens is 1. The number of rotatable bonds is 4. The summed E-state index contributed by atoms with van der Waals surface area (Å²) >= 11 is 4.82. The molecule has 0 spiro atoms. The highest BCUT2D eigenvalue weighted by Crippen LogP contribution is 2.32. The van der Waals surface area contributed by atoms with Crippen molar-refractivity contribution in [1.29, 1.82) is 0 Å². The summed E-state index contributed by atoms with van der Waals surface area (Å²) in [7, 11) is -1.42. The number of aromatic nitrogens is 2. The molecule has 0 aliphatic rings. The van der Waals surface area contributed by atoms with Crippen LogP contribution >= 0.6 is 27.7 Å². The van der Waals surface area contributed by atoms with Gasteiger partial charge in [0.2, 0.25) is 5.95 Å². The quantitative estimate of drug-likeness (QED) is 0.830. The van der Waals surface area contributed by atoms with Gasteiger partial charge in [-0.2, -0.15) is 0 Å². The van der Waals surface area contributed by atoms with Crippen LogP contribution in [0.25, 0.3) is 0 Å². The van der Waals surface area contributed by atoms with E-state index in [0.717, 1.165) is 14.4 Å². The van der Waals surface area contributed by atoms with Crippen LogP contribution in [0.15, 0.2) is 49.8 Å². The van der Waals surface area contributed by atoms with Gasteiger partial charge in [-0.05, 0) is 40.2 Å². The number of hydrogen-bond donors (Lipinski definition) is 1. The summed E-state index contributed by atoms with van der Waals surface area (Å²) in [6, 6.07) is 6.70. The van der Waals surface area contributed by atoms with Gasteiger partial charge in [-0.1, -0.05) is 11.8 Å². The van der Waals surface area contributed by atoms with Crippen molar-refractivity contribution in [1.82, 2.24) is 9.97 Å². The Labute approximate surface area is 130 Å². The van der Waals surface area contributed by atoms with E-state index in [1.807, 2.05) is 0 Å². The predicted molar refractivity (Wildman–Crippen MR) is 83.0 cm³/mol. The largest absolute Gasteiger partial charge is 0.357 e. The Balaban J connectivity index is 2.26. The summed E-state index contributed by atoms with van der Waals surface area (Å²) in [5, 5.41) is 3.63. The third-order valence-electron chi connectivity index (χ3n) is 2.40. The van der Waals surface area contributed by atoms with Gasteiger partial charge in [0.05, 0.1) is 9.37 Å². The molecule has 1 aromatic carbocycles. The second-order valence-corrected chi connectivity index (χ2v) is 7.87. The monoisotopic (exact) mass is 373 g/mol. The van der Waals surface area contributed by atoms with Crippen LogP contribution in [0.5, 0.6) is 0 Å². The molecular weight excluding hydrogens is 362 g/mol. The van der Waals surface area contributed by atoms with Crippen LogP contribution in [-0.2, 0) is 9.84 Å². The van der Waals surface area contributed by atoms with Crippen molar-refractivity contribution >= 4 is 43.5 Å². The minimum atomic E-state index is -3.17. The molecule has 0 fully saturated rings. The molecule has 1 heterocycles. The summed E-state index contributed by atoms with van der Waals surface area (Å²) in [5.74, 6) is 0.531. The maximum atomic E-state index is 11.4. The van der Waals surface area contributed by atoms with Crippen LogP contribution < -0.4 is 5.32 Å². The normalized spacial score (nSPS) is 11.3. The highest BCUT2D eigenvalue weighted by Gasteiger charge is 2.09. The van der Waals surface area contributed by atoms with Gasteiger partial charge in [-0.25, -0.2) is 18.4 Å². The highest BCUT2D eigenvalue weighted by molar-refractivity contribution is 9.10. The maximum Gasteiger partial charge on any atom is 0.223 e. The van der Waals surface area contributed by atoms with E-state index in [2.05, 4.69) is 31.2 Å². The lowest BCUT2D eigenvalue weighted by Gasteiger charge is -2.06. The fourth-order valence-electron chi connectivity index (χ4n) is 1.41. The molecule has 5 nitrogen and oxygen atoms in total. The van der Waals surface area contributed by atoms with Crippen molar-refractivity contribution < 1.29 is 8.42 Å². The number of anilines is 1. The average molecular weight is 374 g/mol. The minimum absolute atomic E-state index is 0.305. The van der Waals surface area contributed by atoms with Gasteiger partial charge in [0, 0.05) is 24.4 Å². The summed E-state index contributed by atoms with van der Waals surface area (Å²) in [6.07, 6.45) is 2.86. The predicted octanol–water partition coefficient (Wildman–Crippen LogP) is 2.84. The van der Waals surface area contributed by atoms with Crippen molar-refractivity contribution in [3.05, 3.63) is 34.9 Å². The zero-order valence-electron chi connectivity index (χ0n) is 10.8. The Hall–Kier alpha value is -1.12. The van der Waals surface area contributed by atoms with Crippen molar-refractivity contribution in [3.8, 4) is 0 Å². The van der Waals surface area contributed by atoms with Crippen LogP contribution in [0.2, 0.25) is 0 Å². The first-order valence-corrected chi connectivity index (χ1v) is 9.08. The number of benzene rings is 1. The molecule has 0 aliphatic carbocycles. The van der Waals surface area contributed by atoms with E-state index in [9.17, 15) is 8.42 Å².